The molecule has 1 N–H and O–H groups in total. The van der Waals surface area contributed by atoms with Crippen molar-refractivity contribution in [2.45, 2.75) is 32.2 Å². The first-order valence-corrected chi connectivity index (χ1v) is 6.94. The molecule has 118 valence electrons. The minimum Gasteiger partial charge on any atom is -0.505 e. The molecule has 0 aliphatic carbocycles. The largest absolute Gasteiger partial charge is 0.505 e. The van der Waals surface area contributed by atoms with Gasteiger partial charge in [-0.2, -0.15) is 0 Å². The van der Waals surface area contributed by atoms with Gasteiger partial charge in [0.1, 0.15) is 0 Å². The summed E-state index contributed by atoms with van der Waals surface area (Å²) < 4.78 is 11.4. The number of nitrogens with zero attached hydrogens (tertiary/aromatic N) is 2. The molecule has 1 aromatic rings. The molecule has 0 spiro atoms. The molecule has 3 rings (SSSR count). The third kappa shape index (κ3) is 1.98. The molecule has 1 aromatic heterocycles. The standard InChI is InChI=1S/C14H16N2O6/c1-7-3-4-22-9-6-15-5-8(12(18)14(20)21-2)11(17)10(15)13(19)16(7)9/h5,7,9,17H,3-4,6H2,1-2H3/t7-,9+/m1/s1. The van der Waals surface area contributed by atoms with Gasteiger partial charge < -0.3 is 24.0 Å². The van der Waals surface area contributed by atoms with E-state index in [2.05, 4.69) is 4.74 Å². The van der Waals surface area contributed by atoms with Gasteiger partial charge in [0.15, 0.2) is 17.7 Å². The van der Waals surface area contributed by atoms with Gasteiger partial charge in [0.2, 0.25) is 0 Å². The highest BCUT2D eigenvalue weighted by atomic mass is 16.5. The Kier molecular flexibility index (Phi) is 3.40. The highest BCUT2D eigenvalue weighted by Gasteiger charge is 2.42. The molecular formula is C14H16N2O6. The number of carbonyl (C=O) groups excluding carboxylic acids is 3. The topological polar surface area (TPSA) is 98.1 Å². The summed E-state index contributed by atoms with van der Waals surface area (Å²) >= 11 is 0. The van der Waals surface area contributed by atoms with E-state index in [1.165, 1.54) is 10.8 Å². The molecule has 0 unspecified atom stereocenters. The van der Waals surface area contributed by atoms with Gasteiger partial charge in [0, 0.05) is 12.2 Å². The van der Waals surface area contributed by atoms with Gasteiger partial charge in [-0.15, -0.1) is 0 Å². The van der Waals surface area contributed by atoms with Crippen LogP contribution in [0.3, 0.4) is 0 Å². The fourth-order valence-corrected chi connectivity index (χ4v) is 2.92. The van der Waals surface area contributed by atoms with Crippen molar-refractivity contribution in [1.29, 1.82) is 0 Å². The van der Waals surface area contributed by atoms with E-state index in [9.17, 15) is 19.5 Å². The van der Waals surface area contributed by atoms with Crippen molar-refractivity contribution in [2.75, 3.05) is 13.7 Å². The number of methoxy groups -OCH3 is 1. The molecule has 2 aliphatic heterocycles. The molecule has 1 amide bonds. The van der Waals surface area contributed by atoms with Crippen molar-refractivity contribution < 1.29 is 29.0 Å². The number of fused-ring (bicyclic) bond motifs is 2. The SMILES string of the molecule is COC(=O)C(=O)c1cn2c(c1O)C(=O)N1[C@H](C)CCO[C@H]1C2. The Morgan fingerprint density at radius 1 is 1.45 bits per heavy atom. The molecule has 1 fully saturated rings. The highest BCUT2D eigenvalue weighted by molar-refractivity contribution is 6.41. The van der Waals surface area contributed by atoms with Crippen LogP contribution in [0, 0.1) is 0 Å². The maximum atomic E-state index is 12.6. The zero-order valence-corrected chi connectivity index (χ0v) is 12.2. The first-order valence-electron chi connectivity index (χ1n) is 6.94. The molecule has 0 radical (unpaired) electrons. The number of ether oxygens (including phenoxy) is 2. The van der Waals surface area contributed by atoms with Crippen molar-refractivity contribution in [3.63, 3.8) is 0 Å². The molecule has 3 heterocycles. The van der Waals surface area contributed by atoms with Gasteiger partial charge in [-0.1, -0.05) is 0 Å². The number of aromatic hydroxyl groups is 1. The lowest BCUT2D eigenvalue weighted by atomic mass is 10.1. The predicted octanol–water partition coefficient (Wildman–Crippen LogP) is 0.140. The molecule has 0 aromatic carbocycles. The van der Waals surface area contributed by atoms with Gasteiger partial charge in [-0.25, -0.2) is 4.79 Å². The average Bonchev–Trinajstić information content (AvgIpc) is 2.83. The van der Waals surface area contributed by atoms with Gasteiger partial charge in [-0.3, -0.25) is 9.59 Å². The summed E-state index contributed by atoms with van der Waals surface area (Å²) in [5, 5.41) is 10.2. The second-order valence-corrected chi connectivity index (χ2v) is 5.39. The third-order valence-electron chi connectivity index (χ3n) is 4.09. The van der Waals surface area contributed by atoms with E-state index in [0.29, 0.717) is 19.6 Å². The van der Waals surface area contributed by atoms with E-state index in [1.54, 1.807) is 4.90 Å². The average molecular weight is 308 g/mol. The van der Waals surface area contributed by atoms with Crippen LogP contribution in [0.5, 0.6) is 5.75 Å². The lowest BCUT2D eigenvalue weighted by Crippen LogP contribution is -2.56. The van der Waals surface area contributed by atoms with Crippen LogP contribution in [0.1, 0.15) is 34.2 Å². The summed E-state index contributed by atoms with van der Waals surface area (Å²) in [4.78, 5) is 37.4. The smallest absolute Gasteiger partial charge is 0.379 e. The Hall–Kier alpha value is -2.35. The Labute approximate surface area is 126 Å². The number of aromatic nitrogens is 1. The van der Waals surface area contributed by atoms with Crippen LogP contribution in [-0.2, 0) is 20.8 Å². The summed E-state index contributed by atoms with van der Waals surface area (Å²) in [6.07, 6.45) is 1.57. The fourth-order valence-electron chi connectivity index (χ4n) is 2.92. The molecule has 0 saturated carbocycles. The van der Waals surface area contributed by atoms with Crippen molar-refractivity contribution in [3.05, 3.63) is 17.5 Å². The second kappa shape index (κ2) is 5.13. The molecule has 1 saturated heterocycles. The molecule has 2 aliphatic rings. The van der Waals surface area contributed by atoms with Crippen LogP contribution in [0.15, 0.2) is 6.20 Å². The number of hydrogen-bond donors (Lipinski definition) is 1. The van der Waals surface area contributed by atoms with E-state index in [-0.39, 0.29) is 17.3 Å². The summed E-state index contributed by atoms with van der Waals surface area (Å²) in [5.74, 6) is -2.98. The molecule has 8 heteroatoms. The monoisotopic (exact) mass is 308 g/mol. The molecule has 2 atom stereocenters. The van der Waals surface area contributed by atoms with Gasteiger partial charge in [0.05, 0.1) is 25.8 Å². The van der Waals surface area contributed by atoms with Crippen molar-refractivity contribution in [3.8, 4) is 5.75 Å². The van der Waals surface area contributed by atoms with E-state index in [1.807, 2.05) is 6.92 Å². The maximum Gasteiger partial charge on any atom is 0.379 e. The summed E-state index contributed by atoms with van der Waals surface area (Å²) in [6.45, 7) is 2.75. The van der Waals surface area contributed by atoms with Crippen LogP contribution in [0.25, 0.3) is 0 Å². The quantitative estimate of drug-likeness (QED) is 0.474. The number of carbonyl (C=O) groups is 3. The highest BCUT2D eigenvalue weighted by Crippen LogP contribution is 2.34. The zero-order chi connectivity index (χ0) is 16.0. The first kappa shape index (κ1) is 14.6. The lowest BCUT2D eigenvalue weighted by molar-refractivity contribution is -0.135. The van der Waals surface area contributed by atoms with Crippen LogP contribution < -0.4 is 0 Å². The van der Waals surface area contributed by atoms with Crippen molar-refractivity contribution in [2.24, 2.45) is 0 Å². The third-order valence-corrected chi connectivity index (χ3v) is 4.09. The number of amides is 1. The molecule has 8 nitrogen and oxygen atoms in total. The number of hydrogen-bond acceptors (Lipinski definition) is 6. The molecule has 22 heavy (non-hydrogen) atoms. The summed E-state index contributed by atoms with van der Waals surface area (Å²) in [5.41, 5.74) is -0.233. The van der Waals surface area contributed by atoms with Crippen molar-refractivity contribution in [1.82, 2.24) is 9.47 Å². The van der Waals surface area contributed by atoms with E-state index in [0.717, 1.165) is 7.11 Å². The number of Topliss-reactive ketones (excluding diaryl/α,β-unsaturated/α-hetero) is 1. The minimum absolute atomic E-state index is 0.000790. The van der Waals surface area contributed by atoms with Crippen LogP contribution in [0.2, 0.25) is 0 Å². The molecular weight excluding hydrogens is 292 g/mol. The van der Waals surface area contributed by atoms with E-state index < -0.39 is 29.6 Å². The predicted molar refractivity (Wildman–Crippen MR) is 72.4 cm³/mol. The van der Waals surface area contributed by atoms with Crippen molar-refractivity contribution >= 4 is 17.7 Å². The van der Waals surface area contributed by atoms with Crippen LogP contribution in [0.4, 0.5) is 0 Å². The number of esters is 1. The van der Waals surface area contributed by atoms with Gasteiger partial charge in [-0.05, 0) is 13.3 Å². The van der Waals surface area contributed by atoms with E-state index >= 15 is 0 Å². The van der Waals surface area contributed by atoms with Crippen LogP contribution >= 0.6 is 0 Å². The summed E-state index contributed by atoms with van der Waals surface area (Å²) in [6, 6.07) is -0.0194. The Morgan fingerprint density at radius 3 is 2.86 bits per heavy atom. The second-order valence-electron chi connectivity index (χ2n) is 5.39. The van der Waals surface area contributed by atoms with E-state index in [4.69, 9.17) is 4.74 Å². The van der Waals surface area contributed by atoms with Gasteiger partial charge in [0.25, 0.3) is 11.7 Å². The maximum absolute atomic E-state index is 12.6. The minimum atomic E-state index is -1.09. The first-order chi connectivity index (χ1) is 10.5. The van der Waals surface area contributed by atoms with Crippen LogP contribution in [-0.4, -0.2) is 58.2 Å². The Balaban J connectivity index is 2.03. The Bertz CT molecular complexity index is 665. The lowest BCUT2D eigenvalue weighted by Gasteiger charge is -2.43. The summed E-state index contributed by atoms with van der Waals surface area (Å²) in [7, 11) is 1.08. The number of ketones is 1. The zero-order valence-electron chi connectivity index (χ0n) is 12.2. The van der Waals surface area contributed by atoms with Gasteiger partial charge >= 0.3 is 5.97 Å². The number of rotatable bonds is 2. The normalized spacial score (nSPS) is 23.7. The fraction of sp³-hybridized carbons (Fsp3) is 0.500. The molecule has 0 bridgehead atoms. The Morgan fingerprint density at radius 2 is 2.18 bits per heavy atom.